The van der Waals surface area contributed by atoms with Gasteiger partial charge in [0.2, 0.25) is 5.91 Å². The lowest BCUT2D eigenvalue weighted by Gasteiger charge is -2.17. The van der Waals surface area contributed by atoms with Gasteiger partial charge in [-0.1, -0.05) is 12.1 Å². The van der Waals surface area contributed by atoms with Crippen molar-refractivity contribution in [1.29, 1.82) is 0 Å². The summed E-state index contributed by atoms with van der Waals surface area (Å²) < 4.78 is 1.69. The number of aryl methyl sites for hydroxylation is 2. The minimum atomic E-state index is -0.175. The summed E-state index contributed by atoms with van der Waals surface area (Å²) in [4.78, 5) is 30.8. The summed E-state index contributed by atoms with van der Waals surface area (Å²) >= 11 is 0. The first-order valence-corrected chi connectivity index (χ1v) is 10.2. The van der Waals surface area contributed by atoms with E-state index >= 15 is 0 Å². The van der Waals surface area contributed by atoms with Gasteiger partial charge < -0.3 is 10.2 Å². The summed E-state index contributed by atoms with van der Waals surface area (Å²) in [5, 5.41) is 5.75. The van der Waals surface area contributed by atoms with E-state index < -0.39 is 0 Å². The van der Waals surface area contributed by atoms with Gasteiger partial charge in [-0.2, -0.15) is 0 Å². The number of hydrogen-bond acceptors (Lipinski definition) is 4. The molecule has 4 rings (SSSR count). The number of aromatic nitrogens is 3. The molecule has 0 saturated carbocycles. The third-order valence-corrected chi connectivity index (χ3v) is 5.70. The van der Waals surface area contributed by atoms with Crippen LogP contribution in [-0.4, -0.2) is 33.6 Å². The van der Waals surface area contributed by atoms with E-state index in [-0.39, 0.29) is 11.5 Å². The molecule has 3 heterocycles. The molecule has 1 aliphatic heterocycles. The quantitative estimate of drug-likeness (QED) is 0.674. The summed E-state index contributed by atoms with van der Waals surface area (Å²) in [5.74, 6) is 0.00789. The molecule has 0 aliphatic carbocycles. The maximum atomic E-state index is 12.4. The Bertz CT molecular complexity index is 1080. The molecule has 0 unspecified atom stereocenters. The Hall–Kier alpha value is -3.09. The summed E-state index contributed by atoms with van der Waals surface area (Å²) in [6.45, 7) is 6.64. The zero-order chi connectivity index (χ0) is 20.4. The van der Waals surface area contributed by atoms with Gasteiger partial charge in [-0.05, 0) is 56.4 Å². The van der Waals surface area contributed by atoms with Gasteiger partial charge >= 0.3 is 0 Å². The molecule has 0 radical (unpaired) electrons. The number of anilines is 1. The van der Waals surface area contributed by atoms with Crippen molar-refractivity contribution in [3.63, 3.8) is 0 Å². The van der Waals surface area contributed by atoms with E-state index in [1.165, 1.54) is 24.6 Å². The smallest absolute Gasteiger partial charge is 0.266 e. The minimum Gasteiger partial charge on any atom is -0.372 e. The molecule has 2 N–H and O–H groups in total. The maximum Gasteiger partial charge on any atom is 0.266 e. The molecule has 29 heavy (non-hydrogen) atoms. The van der Waals surface area contributed by atoms with Crippen LogP contribution in [0.1, 0.15) is 41.8 Å². The van der Waals surface area contributed by atoms with Gasteiger partial charge in [0.1, 0.15) is 0 Å². The van der Waals surface area contributed by atoms with Gasteiger partial charge in [-0.3, -0.25) is 14.7 Å². The number of nitrogens with zero attached hydrogens (tertiary/aromatic N) is 3. The predicted molar refractivity (Wildman–Crippen MR) is 113 cm³/mol. The Morgan fingerprint density at radius 1 is 1.17 bits per heavy atom. The topological polar surface area (TPSA) is 82.5 Å². The Morgan fingerprint density at radius 2 is 1.90 bits per heavy atom. The van der Waals surface area contributed by atoms with E-state index in [2.05, 4.69) is 44.6 Å². The first-order valence-electron chi connectivity index (χ1n) is 10.2. The van der Waals surface area contributed by atoms with E-state index in [1.54, 1.807) is 4.52 Å². The molecule has 7 heteroatoms. The second-order valence-electron chi connectivity index (χ2n) is 7.71. The molecule has 2 aromatic heterocycles. The number of rotatable bonds is 6. The lowest BCUT2D eigenvalue weighted by molar-refractivity contribution is -0.121. The van der Waals surface area contributed by atoms with Crippen molar-refractivity contribution in [2.75, 3.05) is 18.0 Å². The molecule has 0 spiro atoms. The van der Waals surface area contributed by atoms with Crippen LogP contribution in [0.2, 0.25) is 0 Å². The molecular weight excluding hydrogens is 366 g/mol. The fourth-order valence-corrected chi connectivity index (χ4v) is 4.04. The van der Waals surface area contributed by atoms with Crippen molar-refractivity contribution < 1.29 is 4.79 Å². The molecule has 1 aliphatic rings. The van der Waals surface area contributed by atoms with Crippen LogP contribution in [0.5, 0.6) is 0 Å². The number of amides is 1. The number of aromatic amines is 1. The van der Waals surface area contributed by atoms with Crippen molar-refractivity contribution in [2.45, 2.75) is 46.1 Å². The first kappa shape index (κ1) is 19.2. The summed E-state index contributed by atoms with van der Waals surface area (Å²) in [6, 6.07) is 9.92. The molecule has 0 atom stereocenters. The largest absolute Gasteiger partial charge is 0.372 e. The zero-order valence-corrected chi connectivity index (χ0v) is 17.0. The SMILES string of the molecule is Cc1nc2cc(=O)[nH]n2c(C)c1CCC(=O)NCc1ccc(N2CCCC2)cc1. The third kappa shape index (κ3) is 4.18. The highest BCUT2D eigenvalue weighted by atomic mass is 16.1. The van der Waals surface area contributed by atoms with Gasteiger partial charge in [-0.15, -0.1) is 0 Å². The van der Waals surface area contributed by atoms with E-state index in [0.29, 0.717) is 25.0 Å². The fraction of sp³-hybridized carbons (Fsp3) is 0.409. The molecule has 1 amide bonds. The van der Waals surface area contributed by atoms with Crippen molar-refractivity contribution >= 4 is 17.2 Å². The Balaban J connectivity index is 1.33. The van der Waals surface area contributed by atoms with Crippen LogP contribution in [0.3, 0.4) is 0 Å². The molecule has 0 bridgehead atoms. The number of carbonyl (C=O) groups excluding carboxylic acids is 1. The number of fused-ring (bicyclic) bond motifs is 1. The number of H-pyrrole nitrogens is 1. The highest BCUT2D eigenvalue weighted by molar-refractivity contribution is 5.76. The average Bonchev–Trinajstić information content (AvgIpc) is 3.36. The first-order chi connectivity index (χ1) is 14.0. The Morgan fingerprint density at radius 3 is 2.62 bits per heavy atom. The highest BCUT2D eigenvalue weighted by Gasteiger charge is 2.13. The second-order valence-corrected chi connectivity index (χ2v) is 7.71. The summed E-state index contributed by atoms with van der Waals surface area (Å²) in [7, 11) is 0. The summed E-state index contributed by atoms with van der Waals surface area (Å²) in [5.41, 5.74) is 5.55. The van der Waals surface area contributed by atoms with Crippen molar-refractivity contribution in [2.24, 2.45) is 0 Å². The van der Waals surface area contributed by atoms with Crippen LogP contribution in [0, 0.1) is 13.8 Å². The van der Waals surface area contributed by atoms with E-state index in [9.17, 15) is 9.59 Å². The monoisotopic (exact) mass is 393 g/mol. The van der Waals surface area contributed by atoms with Gasteiger partial charge in [0.25, 0.3) is 5.56 Å². The maximum absolute atomic E-state index is 12.4. The van der Waals surface area contributed by atoms with Gasteiger partial charge in [0.15, 0.2) is 5.65 Å². The number of benzene rings is 1. The predicted octanol–water partition coefficient (Wildman–Crippen LogP) is 2.49. The fourth-order valence-electron chi connectivity index (χ4n) is 4.04. The highest BCUT2D eigenvalue weighted by Crippen LogP contribution is 2.20. The van der Waals surface area contributed by atoms with Crippen LogP contribution in [-0.2, 0) is 17.8 Å². The van der Waals surface area contributed by atoms with Gasteiger partial charge in [0.05, 0.1) is 0 Å². The van der Waals surface area contributed by atoms with Crippen molar-refractivity contribution in [3.05, 3.63) is 63.2 Å². The Kier molecular flexibility index (Phi) is 5.38. The molecule has 1 fully saturated rings. The van der Waals surface area contributed by atoms with Crippen molar-refractivity contribution in [3.8, 4) is 0 Å². The molecular formula is C22H27N5O2. The third-order valence-electron chi connectivity index (χ3n) is 5.70. The van der Waals surface area contributed by atoms with E-state index in [0.717, 1.165) is 35.6 Å². The van der Waals surface area contributed by atoms with Crippen molar-refractivity contribution in [1.82, 2.24) is 19.9 Å². The second kappa shape index (κ2) is 8.11. The minimum absolute atomic E-state index is 0.00789. The average molecular weight is 393 g/mol. The molecule has 1 aromatic carbocycles. The van der Waals surface area contributed by atoms with E-state index in [1.807, 2.05) is 13.8 Å². The van der Waals surface area contributed by atoms with Crippen LogP contribution in [0.4, 0.5) is 5.69 Å². The number of nitrogens with one attached hydrogen (secondary N) is 2. The van der Waals surface area contributed by atoms with Gasteiger partial charge in [-0.25, -0.2) is 9.50 Å². The molecule has 3 aromatic rings. The zero-order valence-electron chi connectivity index (χ0n) is 17.0. The molecule has 1 saturated heterocycles. The number of hydrogen-bond donors (Lipinski definition) is 2. The van der Waals surface area contributed by atoms with Gasteiger partial charge in [0, 0.05) is 49.2 Å². The lowest BCUT2D eigenvalue weighted by atomic mass is 10.1. The van der Waals surface area contributed by atoms with E-state index in [4.69, 9.17) is 0 Å². The Labute approximate surface area is 169 Å². The van der Waals surface area contributed by atoms with Crippen LogP contribution in [0.15, 0.2) is 35.1 Å². The standard InChI is InChI=1S/C22H27N5O2/c1-15-19(16(2)27-20(24-15)13-22(29)25-27)9-10-21(28)23-14-17-5-7-18(8-6-17)26-11-3-4-12-26/h5-8,13H,3-4,9-12,14H2,1-2H3,(H,23,28)(H,25,29). The summed E-state index contributed by atoms with van der Waals surface area (Å²) in [6.07, 6.45) is 3.49. The lowest BCUT2D eigenvalue weighted by Crippen LogP contribution is -2.23. The van der Waals surface area contributed by atoms with Crippen LogP contribution < -0.4 is 15.8 Å². The van der Waals surface area contributed by atoms with Crippen LogP contribution in [0.25, 0.3) is 5.65 Å². The molecule has 7 nitrogen and oxygen atoms in total. The molecule has 152 valence electrons. The van der Waals surface area contributed by atoms with Crippen LogP contribution >= 0.6 is 0 Å². The normalized spacial score (nSPS) is 13.9. The number of carbonyl (C=O) groups is 1.